The molecule has 0 saturated carbocycles. The standard InChI is InChI=1S/C22H34N4O3S/c27-22(18-25-12-6-9-21(25)17-23-10-4-5-11-23)24-13-15-26(16-14-24)30(28,29)19-20-7-2-1-3-8-20/h1-3,7-8,21H,4-6,9-19H2. The molecule has 1 aromatic carbocycles. The number of rotatable bonds is 7. The van der Waals surface area contributed by atoms with Crippen LogP contribution in [0.15, 0.2) is 30.3 Å². The molecule has 4 rings (SSSR count). The predicted octanol–water partition coefficient (Wildman–Crippen LogP) is 1.22. The van der Waals surface area contributed by atoms with Crippen LogP contribution in [0, 0.1) is 0 Å². The van der Waals surface area contributed by atoms with Crippen molar-refractivity contribution in [1.29, 1.82) is 0 Å². The van der Waals surface area contributed by atoms with E-state index in [1.54, 1.807) is 0 Å². The molecule has 0 radical (unpaired) electrons. The molecule has 3 fully saturated rings. The van der Waals surface area contributed by atoms with Crippen LogP contribution >= 0.6 is 0 Å². The number of hydrogen-bond acceptors (Lipinski definition) is 5. The Hall–Kier alpha value is -1.48. The molecule has 0 bridgehead atoms. The summed E-state index contributed by atoms with van der Waals surface area (Å²) < 4.78 is 27.0. The van der Waals surface area contributed by atoms with Crippen molar-refractivity contribution in [2.24, 2.45) is 0 Å². The fourth-order valence-electron chi connectivity index (χ4n) is 4.94. The SMILES string of the molecule is O=C(CN1CCCC1CN1CCCC1)N1CCN(S(=O)(=O)Cc2ccccc2)CC1. The lowest BCUT2D eigenvalue weighted by Gasteiger charge is -2.36. The van der Waals surface area contributed by atoms with Gasteiger partial charge >= 0.3 is 0 Å². The van der Waals surface area contributed by atoms with E-state index in [0.29, 0.717) is 38.8 Å². The van der Waals surface area contributed by atoms with Gasteiger partial charge in [0.2, 0.25) is 15.9 Å². The van der Waals surface area contributed by atoms with Crippen LogP contribution < -0.4 is 0 Å². The molecule has 8 heteroatoms. The summed E-state index contributed by atoms with van der Waals surface area (Å²) in [7, 11) is -3.35. The molecule has 1 amide bonds. The summed E-state index contributed by atoms with van der Waals surface area (Å²) in [5.41, 5.74) is 0.800. The molecule has 0 aliphatic carbocycles. The Labute approximate surface area is 180 Å². The summed E-state index contributed by atoms with van der Waals surface area (Å²) in [6.45, 7) is 6.67. The summed E-state index contributed by atoms with van der Waals surface area (Å²) in [5.74, 6) is 0.164. The van der Waals surface area contributed by atoms with E-state index < -0.39 is 10.0 Å². The van der Waals surface area contributed by atoms with Crippen molar-refractivity contribution in [3.8, 4) is 0 Å². The number of carbonyl (C=O) groups excluding carboxylic acids is 1. The van der Waals surface area contributed by atoms with Crippen molar-refractivity contribution in [2.45, 2.75) is 37.5 Å². The lowest BCUT2D eigenvalue weighted by atomic mass is 10.2. The van der Waals surface area contributed by atoms with Crippen molar-refractivity contribution < 1.29 is 13.2 Å². The Morgan fingerprint density at radius 2 is 1.60 bits per heavy atom. The van der Waals surface area contributed by atoms with Gasteiger partial charge in [0, 0.05) is 38.8 Å². The number of nitrogens with zero attached hydrogens (tertiary/aromatic N) is 4. The maximum Gasteiger partial charge on any atom is 0.236 e. The van der Waals surface area contributed by atoms with E-state index in [1.807, 2.05) is 35.2 Å². The van der Waals surface area contributed by atoms with E-state index in [2.05, 4.69) is 9.80 Å². The number of hydrogen-bond donors (Lipinski definition) is 0. The zero-order valence-corrected chi connectivity index (χ0v) is 18.6. The highest BCUT2D eigenvalue weighted by Crippen LogP contribution is 2.21. The van der Waals surface area contributed by atoms with Gasteiger partial charge in [-0.1, -0.05) is 30.3 Å². The first-order valence-electron chi connectivity index (χ1n) is 11.3. The molecule has 1 aromatic rings. The van der Waals surface area contributed by atoms with Gasteiger partial charge in [0.1, 0.15) is 0 Å². The third kappa shape index (κ3) is 5.41. The summed E-state index contributed by atoms with van der Waals surface area (Å²) >= 11 is 0. The molecule has 1 atom stereocenters. The van der Waals surface area contributed by atoms with Gasteiger partial charge < -0.3 is 9.80 Å². The number of sulfonamides is 1. The van der Waals surface area contributed by atoms with Crippen LogP contribution in [0.3, 0.4) is 0 Å². The second kappa shape index (κ2) is 9.77. The minimum Gasteiger partial charge on any atom is -0.339 e. The average molecular weight is 435 g/mol. The first-order chi connectivity index (χ1) is 14.5. The van der Waals surface area contributed by atoms with Crippen LogP contribution in [-0.2, 0) is 20.6 Å². The van der Waals surface area contributed by atoms with Crippen LogP contribution in [0.5, 0.6) is 0 Å². The Balaban J connectivity index is 1.25. The topological polar surface area (TPSA) is 64.2 Å². The second-order valence-electron chi connectivity index (χ2n) is 8.80. The molecule has 0 spiro atoms. The van der Waals surface area contributed by atoms with Crippen LogP contribution in [0.4, 0.5) is 0 Å². The fraction of sp³-hybridized carbons (Fsp3) is 0.682. The molecule has 3 saturated heterocycles. The Kier molecular flexibility index (Phi) is 7.08. The summed E-state index contributed by atoms with van der Waals surface area (Å²) in [4.78, 5) is 19.6. The highest BCUT2D eigenvalue weighted by molar-refractivity contribution is 7.88. The van der Waals surface area contributed by atoms with Gasteiger partial charge in [-0.15, -0.1) is 0 Å². The van der Waals surface area contributed by atoms with Crippen LogP contribution in [0.1, 0.15) is 31.2 Å². The predicted molar refractivity (Wildman–Crippen MR) is 117 cm³/mol. The van der Waals surface area contributed by atoms with Crippen molar-refractivity contribution in [3.05, 3.63) is 35.9 Å². The Bertz CT molecular complexity index is 803. The first kappa shape index (κ1) is 21.7. The molecular weight excluding hydrogens is 400 g/mol. The average Bonchev–Trinajstić information content (AvgIpc) is 3.41. The highest BCUT2D eigenvalue weighted by atomic mass is 32.2. The summed E-state index contributed by atoms with van der Waals surface area (Å²) in [5, 5.41) is 0. The molecule has 1 unspecified atom stereocenters. The van der Waals surface area contributed by atoms with Gasteiger partial charge in [-0.2, -0.15) is 4.31 Å². The van der Waals surface area contributed by atoms with Crippen molar-refractivity contribution in [3.63, 3.8) is 0 Å². The van der Waals surface area contributed by atoms with E-state index in [9.17, 15) is 13.2 Å². The number of amides is 1. The van der Waals surface area contributed by atoms with Gasteiger partial charge in [-0.05, 0) is 50.9 Å². The van der Waals surface area contributed by atoms with Crippen molar-refractivity contribution in [1.82, 2.24) is 19.0 Å². The molecule has 3 aliphatic rings. The maximum atomic E-state index is 12.9. The van der Waals surface area contributed by atoms with Gasteiger partial charge in [0.15, 0.2) is 0 Å². The van der Waals surface area contributed by atoms with Gasteiger partial charge in [0.25, 0.3) is 0 Å². The molecule has 0 aromatic heterocycles. The van der Waals surface area contributed by atoms with Crippen LogP contribution in [-0.4, -0.2) is 98.3 Å². The highest BCUT2D eigenvalue weighted by Gasteiger charge is 2.32. The molecule has 7 nitrogen and oxygen atoms in total. The molecule has 3 heterocycles. The Morgan fingerprint density at radius 1 is 0.900 bits per heavy atom. The van der Waals surface area contributed by atoms with E-state index in [-0.39, 0.29) is 11.7 Å². The molecule has 30 heavy (non-hydrogen) atoms. The smallest absolute Gasteiger partial charge is 0.236 e. The normalized spacial score (nSPS) is 24.5. The fourth-order valence-corrected chi connectivity index (χ4v) is 6.45. The van der Waals surface area contributed by atoms with Gasteiger partial charge in [-0.25, -0.2) is 8.42 Å². The quantitative estimate of drug-likeness (QED) is 0.646. The molecule has 0 N–H and O–H groups in total. The summed E-state index contributed by atoms with van der Waals surface area (Å²) in [6.07, 6.45) is 4.93. The van der Waals surface area contributed by atoms with Crippen molar-refractivity contribution >= 4 is 15.9 Å². The molecular formula is C22H34N4O3S. The number of benzene rings is 1. The van der Waals surface area contributed by atoms with E-state index >= 15 is 0 Å². The Morgan fingerprint density at radius 3 is 2.30 bits per heavy atom. The lowest BCUT2D eigenvalue weighted by Crippen LogP contribution is -2.53. The monoisotopic (exact) mass is 434 g/mol. The minimum atomic E-state index is -3.35. The lowest BCUT2D eigenvalue weighted by molar-refractivity contribution is -0.133. The second-order valence-corrected chi connectivity index (χ2v) is 10.8. The largest absolute Gasteiger partial charge is 0.339 e. The number of carbonyl (C=O) groups is 1. The third-order valence-corrected chi connectivity index (χ3v) is 8.53. The molecule has 3 aliphatic heterocycles. The number of likely N-dealkylation sites (tertiary alicyclic amines) is 2. The zero-order chi connectivity index (χ0) is 21.0. The maximum absolute atomic E-state index is 12.9. The van der Waals surface area contributed by atoms with E-state index in [1.165, 1.54) is 36.7 Å². The van der Waals surface area contributed by atoms with E-state index in [4.69, 9.17) is 0 Å². The van der Waals surface area contributed by atoms with Gasteiger partial charge in [-0.3, -0.25) is 9.69 Å². The summed E-state index contributed by atoms with van der Waals surface area (Å²) in [6, 6.07) is 9.77. The molecule has 166 valence electrons. The van der Waals surface area contributed by atoms with Crippen molar-refractivity contribution in [2.75, 3.05) is 58.9 Å². The first-order valence-corrected chi connectivity index (χ1v) is 12.9. The van der Waals surface area contributed by atoms with Crippen LogP contribution in [0.2, 0.25) is 0 Å². The third-order valence-electron chi connectivity index (χ3n) is 6.68. The minimum absolute atomic E-state index is 0.0216. The van der Waals surface area contributed by atoms with E-state index in [0.717, 1.165) is 25.1 Å². The van der Waals surface area contributed by atoms with Gasteiger partial charge in [0.05, 0.1) is 12.3 Å². The number of piperazine rings is 1. The van der Waals surface area contributed by atoms with Crippen LogP contribution in [0.25, 0.3) is 0 Å². The zero-order valence-electron chi connectivity index (χ0n) is 17.8.